The molecule has 0 saturated heterocycles. The molecular formula is C15H24BrNS. The smallest absolute Gasteiger partial charge is 0.0311 e. The molecule has 1 N–H and O–H groups in total. The summed E-state index contributed by atoms with van der Waals surface area (Å²) in [5, 5.41) is 3.62. The van der Waals surface area contributed by atoms with Crippen LogP contribution in [0.25, 0.3) is 0 Å². The minimum atomic E-state index is 0.604. The zero-order chi connectivity index (χ0) is 13.4. The van der Waals surface area contributed by atoms with Crippen molar-refractivity contribution in [2.75, 3.05) is 12.3 Å². The third-order valence-electron chi connectivity index (χ3n) is 3.15. The van der Waals surface area contributed by atoms with Crippen molar-refractivity contribution in [1.82, 2.24) is 5.32 Å². The van der Waals surface area contributed by atoms with Crippen LogP contribution < -0.4 is 5.32 Å². The number of benzene rings is 1. The molecule has 18 heavy (non-hydrogen) atoms. The minimum Gasteiger partial charge on any atom is -0.313 e. The Hall–Kier alpha value is 0.01000. The van der Waals surface area contributed by atoms with Crippen molar-refractivity contribution < 1.29 is 0 Å². The van der Waals surface area contributed by atoms with Crippen LogP contribution >= 0.6 is 27.7 Å². The second kappa shape index (κ2) is 9.00. The Kier molecular flexibility index (Phi) is 8.03. The molecule has 1 rings (SSSR count). The molecule has 3 heteroatoms. The molecule has 0 amide bonds. The van der Waals surface area contributed by atoms with Crippen molar-refractivity contribution in [2.45, 2.75) is 44.6 Å². The molecule has 102 valence electrons. The van der Waals surface area contributed by atoms with Crippen LogP contribution in [0.4, 0.5) is 0 Å². The average Bonchev–Trinajstić information content (AvgIpc) is 2.36. The van der Waals surface area contributed by atoms with Crippen molar-refractivity contribution >= 4 is 27.7 Å². The second-order valence-electron chi connectivity index (χ2n) is 4.67. The summed E-state index contributed by atoms with van der Waals surface area (Å²) < 4.78 is 1.20. The highest BCUT2D eigenvalue weighted by atomic mass is 79.9. The normalized spacial score (nSPS) is 14.4. The SMILES string of the molecule is CCCC(C)C(CSc1ccccc1Br)NCC. The first kappa shape index (κ1) is 16.1. The largest absolute Gasteiger partial charge is 0.313 e. The number of halogens is 1. The molecule has 0 saturated carbocycles. The lowest BCUT2D eigenvalue weighted by molar-refractivity contribution is 0.388. The van der Waals surface area contributed by atoms with E-state index in [-0.39, 0.29) is 0 Å². The first-order valence-corrected chi connectivity index (χ1v) is 8.57. The maximum Gasteiger partial charge on any atom is 0.0311 e. The monoisotopic (exact) mass is 329 g/mol. The van der Waals surface area contributed by atoms with Crippen molar-refractivity contribution in [3.8, 4) is 0 Å². The van der Waals surface area contributed by atoms with E-state index in [9.17, 15) is 0 Å². The van der Waals surface area contributed by atoms with E-state index in [1.54, 1.807) is 0 Å². The summed E-state index contributed by atoms with van der Waals surface area (Å²) in [5.41, 5.74) is 0. The predicted molar refractivity (Wildman–Crippen MR) is 86.4 cm³/mol. The van der Waals surface area contributed by atoms with Gasteiger partial charge in [-0.1, -0.05) is 39.3 Å². The first-order valence-electron chi connectivity index (χ1n) is 6.79. The Bertz CT molecular complexity index is 343. The summed E-state index contributed by atoms with van der Waals surface area (Å²) in [5.74, 6) is 1.88. The summed E-state index contributed by atoms with van der Waals surface area (Å²) >= 11 is 5.55. The van der Waals surface area contributed by atoms with Gasteiger partial charge in [0.05, 0.1) is 0 Å². The average molecular weight is 330 g/mol. The molecule has 0 fully saturated rings. The van der Waals surface area contributed by atoms with Crippen LogP contribution in [0.5, 0.6) is 0 Å². The number of hydrogen-bond acceptors (Lipinski definition) is 2. The van der Waals surface area contributed by atoms with Gasteiger partial charge in [-0.3, -0.25) is 0 Å². The summed E-state index contributed by atoms with van der Waals surface area (Å²) in [7, 11) is 0. The van der Waals surface area contributed by atoms with Gasteiger partial charge >= 0.3 is 0 Å². The van der Waals surface area contributed by atoms with E-state index in [4.69, 9.17) is 0 Å². The van der Waals surface area contributed by atoms with Crippen molar-refractivity contribution in [2.24, 2.45) is 5.92 Å². The lowest BCUT2D eigenvalue weighted by Crippen LogP contribution is -2.37. The first-order chi connectivity index (χ1) is 8.69. The third-order valence-corrected chi connectivity index (χ3v) is 5.30. The van der Waals surface area contributed by atoms with Gasteiger partial charge in [-0.2, -0.15) is 0 Å². The van der Waals surface area contributed by atoms with Gasteiger partial charge in [0.2, 0.25) is 0 Å². The number of hydrogen-bond donors (Lipinski definition) is 1. The highest BCUT2D eigenvalue weighted by Gasteiger charge is 2.16. The van der Waals surface area contributed by atoms with E-state index in [2.05, 4.69) is 66.3 Å². The van der Waals surface area contributed by atoms with Gasteiger partial charge in [-0.15, -0.1) is 11.8 Å². The van der Waals surface area contributed by atoms with Crippen molar-refractivity contribution in [3.05, 3.63) is 28.7 Å². The number of rotatable bonds is 8. The quantitative estimate of drug-likeness (QED) is 0.677. The Morgan fingerprint density at radius 2 is 2.00 bits per heavy atom. The van der Waals surface area contributed by atoms with Crippen LogP contribution in [0, 0.1) is 5.92 Å². The summed E-state index contributed by atoms with van der Waals surface area (Å²) in [6.45, 7) is 7.86. The molecule has 0 radical (unpaired) electrons. The Morgan fingerprint density at radius 3 is 2.61 bits per heavy atom. The van der Waals surface area contributed by atoms with Crippen LogP contribution in [0.2, 0.25) is 0 Å². The summed E-state index contributed by atoms with van der Waals surface area (Å²) in [4.78, 5) is 1.34. The lowest BCUT2D eigenvalue weighted by atomic mass is 9.98. The van der Waals surface area contributed by atoms with Crippen molar-refractivity contribution in [3.63, 3.8) is 0 Å². The third kappa shape index (κ3) is 5.33. The molecular weight excluding hydrogens is 306 g/mol. The standard InChI is InChI=1S/C15H24BrNS/c1-4-8-12(3)14(17-5-2)11-18-15-10-7-6-9-13(15)16/h6-7,9-10,12,14,17H,4-5,8,11H2,1-3H3. The van der Waals surface area contributed by atoms with Crippen LogP contribution in [-0.2, 0) is 0 Å². The molecule has 0 bridgehead atoms. The van der Waals surface area contributed by atoms with Gasteiger partial charge < -0.3 is 5.32 Å². The second-order valence-corrected chi connectivity index (χ2v) is 6.59. The van der Waals surface area contributed by atoms with Crippen LogP contribution in [0.15, 0.2) is 33.6 Å². The van der Waals surface area contributed by atoms with Crippen LogP contribution in [0.3, 0.4) is 0 Å². The van der Waals surface area contributed by atoms with Gasteiger partial charge in [-0.25, -0.2) is 0 Å². The molecule has 0 aliphatic heterocycles. The van der Waals surface area contributed by atoms with Gasteiger partial charge in [0, 0.05) is 21.2 Å². The predicted octanol–water partition coefficient (Wildman–Crippen LogP) is 4.96. The molecule has 1 aromatic carbocycles. The molecule has 2 unspecified atom stereocenters. The fourth-order valence-electron chi connectivity index (χ4n) is 2.08. The summed E-state index contributed by atoms with van der Waals surface area (Å²) in [6.07, 6.45) is 2.57. The van der Waals surface area contributed by atoms with Gasteiger partial charge in [-0.05, 0) is 46.9 Å². The van der Waals surface area contributed by atoms with Gasteiger partial charge in [0.15, 0.2) is 0 Å². The maximum absolute atomic E-state index is 3.62. The van der Waals surface area contributed by atoms with Crippen LogP contribution in [0.1, 0.15) is 33.6 Å². The zero-order valence-corrected chi connectivity index (χ0v) is 14.0. The molecule has 0 aromatic heterocycles. The maximum atomic E-state index is 3.62. The zero-order valence-electron chi connectivity index (χ0n) is 11.6. The van der Waals surface area contributed by atoms with Crippen molar-refractivity contribution in [1.29, 1.82) is 0 Å². The molecule has 0 spiro atoms. The molecule has 0 aliphatic carbocycles. The van der Waals surface area contributed by atoms with Gasteiger partial charge in [0.1, 0.15) is 0 Å². The fraction of sp³-hybridized carbons (Fsp3) is 0.600. The van der Waals surface area contributed by atoms with E-state index < -0.39 is 0 Å². The fourth-order valence-corrected chi connectivity index (χ4v) is 3.90. The molecule has 0 heterocycles. The van der Waals surface area contributed by atoms with E-state index in [1.165, 1.54) is 22.2 Å². The lowest BCUT2D eigenvalue weighted by Gasteiger charge is -2.24. The number of nitrogens with one attached hydrogen (secondary N) is 1. The minimum absolute atomic E-state index is 0.604. The Balaban J connectivity index is 2.54. The van der Waals surface area contributed by atoms with E-state index in [0.717, 1.165) is 18.2 Å². The Labute approximate surface area is 124 Å². The summed E-state index contributed by atoms with van der Waals surface area (Å²) in [6, 6.07) is 9.06. The molecule has 0 aliphatic rings. The molecule has 2 atom stereocenters. The van der Waals surface area contributed by atoms with E-state index in [0.29, 0.717) is 6.04 Å². The van der Waals surface area contributed by atoms with E-state index in [1.807, 2.05) is 11.8 Å². The van der Waals surface area contributed by atoms with Gasteiger partial charge in [0.25, 0.3) is 0 Å². The number of thioether (sulfide) groups is 1. The highest BCUT2D eigenvalue weighted by molar-refractivity contribution is 9.10. The van der Waals surface area contributed by atoms with Crippen LogP contribution in [-0.4, -0.2) is 18.3 Å². The Morgan fingerprint density at radius 1 is 1.28 bits per heavy atom. The topological polar surface area (TPSA) is 12.0 Å². The van der Waals surface area contributed by atoms with E-state index >= 15 is 0 Å². The highest BCUT2D eigenvalue weighted by Crippen LogP contribution is 2.28. The molecule has 1 nitrogen and oxygen atoms in total. The molecule has 1 aromatic rings.